The second kappa shape index (κ2) is 7.67. The molecular weight excluding hydrogens is 460 g/mol. The lowest BCUT2D eigenvalue weighted by Gasteiger charge is -2.12. The Morgan fingerprint density at radius 1 is 0.595 bits per heavy atom. The van der Waals surface area contributed by atoms with Gasteiger partial charge in [-0.1, -0.05) is 54.6 Å². The van der Waals surface area contributed by atoms with E-state index in [2.05, 4.69) is 83.0 Å². The maximum atomic E-state index is 6.59. The van der Waals surface area contributed by atoms with Crippen LogP contribution in [-0.4, -0.2) is 9.97 Å². The molecule has 0 spiro atoms. The van der Waals surface area contributed by atoms with Crippen LogP contribution in [0.2, 0.25) is 0 Å². The van der Waals surface area contributed by atoms with Crippen molar-refractivity contribution in [3.63, 3.8) is 0 Å². The van der Waals surface area contributed by atoms with Gasteiger partial charge in [-0.25, -0.2) is 0 Å². The Labute approximate surface area is 211 Å². The number of hydrogen-bond acceptors (Lipinski definition) is 3. The monoisotopic (exact) mass is 480 g/mol. The third-order valence-corrected chi connectivity index (χ3v) is 7.13. The third kappa shape index (κ3) is 2.91. The minimum atomic E-state index is 0.681. The van der Waals surface area contributed by atoms with E-state index in [9.17, 15) is 0 Å². The lowest BCUT2D eigenvalue weighted by Crippen LogP contribution is -1.90. The van der Waals surface area contributed by atoms with E-state index >= 15 is 0 Å². The van der Waals surface area contributed by atoms with E-state index in [1.54, 1.807) is 18.8 Å². The fourth-order valence-corrected chi connectivity index (χ4v) is 5.48. The highest BCUT2D eigenvalue weighted by Gasteiger charge is 2.26. The summed E-state index contributed by atoms with van der Waals surface area (Å²) in [6.07, 6.45) is 9.18. The number of rotatable bonds is 4. The minimum absolute atomic E-state index is 0.681. The summed E-state index contributed by atoms with van der Waals surface area (Å²) in [6.45, 7) is 0. The predicted octanol–water partition coefficient (Wildman–Crippen LogP) is 9.25. The summed E-state index contributed by atoms with van der Waals surface area (Å²) < 4.78 is 17.9. The van der Waals surface area contributed by atoms with Crippen LogP contribution in [0.15, 0.2) is 123 Å². The molecule has 0 aliphatic rings. The second-order valence-electron chi connectivity index (χ2n) is 9.16. The first-order chi connectivity index (χ1) is 18.4. The SMILES string of the molecule is c1coc(-c2oc(-c3ccoc3)c3c(-c4[nH]cc5ccccc45)c(-c4[nH]cc5ccccc45)ccc23)c1. The zero-order valence-corrected chi connectivity index (χ0v) is 19.6. The Hall–Kier alpha value is -5.16. The molecule has 0 radical (unpaired) electrons. The van der Waals surface area contributed by atoms with E-state index in [1.165, 1.54) is 10.8 Å². The number of aromatic amines is 2. The molecule has 0 fully saturated rings. The molecule has 0 amide bonds. The fourth-order valence-electron chi connectivity index (χ4n) is 5.48. The van der Waals surface area contributed by atoms with Gasteiger partial charge in [0.05, 0.1) is 29.5 Å². The van der Waals surface area contributed by atoms with E-state index in [0.717, 1.165) is 55.4 Å². The highest BCUT2D eigenvalue weighted by atomic mass is 16.4. The molecule has 0 aliphatic carbocycles. The quantitative estimate of drug-likeness (QED) is 0.264. The van der Waals surface area contributed by atoms with Crippen molar-refractivity contribution in [1.29, 1.82) is 0 Å². The summed E-state index contributed by atoms with van der Waals surface area (Å²) in [7, 11) is 0. The zero-order valence-electron chi connectivity index (χ0n) is 19.6. The average Bonchev–Trinajstić information content (AvgIpc) is 3.77. The van der Waals surface area contributed by atoms with Crippen molar-refractivity contribution in [1.82, 2.24) is 9.97 Å². The van der Waals surface area contributed by atoms with E-state index < -0.39 is 0 Å². The van der Waals surface area contributed by atoms with Crippen LogP contribution in [0.3, 0.4) is 0 Å². The molecule has 0 saturated carbocycles. The topological polar surface area (TPSA) is 71.0 Å². The van der Waals surface area contributed by atoms with Gasteiger partial charge in [-0.3, -0.25) is 0 Å². The van der Waals surface area contributed by atoms with Crippen LogP contribution in [0.25, 0.3) is 77.7 Å². The minimum Gasteiger partial charge on any atom is -0.472 e. The largest absolute Gasteiger partial charge is 0.472 e. The molecule has 8 aromatic rings. The smallest absolute Gasteiger partial charge is 0.177 e. The van der Waals surface area contributed by atoms with Gasteiger partial charge in [0, 0.05) is 45.1 Å². The summed E-state index contributed by atoms with van der Waals surface area (Å²) in [5.41, 5.74) is 5.10. The lowest BCUT2D eigenvalue weighted by atomic mass is 9.91. The van der Waals surface area contributed by atoms with Crippen molar-refractivity contribution in [3.8, 4) is 45.4 Å². The molecule has 0 saturated heterocycles. The molecule has 5 aromatic heterocycles. The Bertz CT molecular complexity index is 2030. The molecular formula is C32H20N2O3. The average molecular weight is 481 g/mol. The predicted molar refractivity (Wildman–Crippen MR) is 146 cm³/mol. The summed E-state index contributed by atoms with van der Waals surface area (Å²) in [6, 6.07) is 26.9. The van der Waals surface area contributed by atoms with Crippen molar-refractivity contribution in [2.24, 2.45) is 0 Å². The summed E-state index contributed by atoms with van der Waals surface area (Å²) in [5, 5.41) is 6.59. The van der Waals surface area contributed by atoms with Gasteiger partial charge < -0.3 is 23.2 Å². The maximum absolute atomic E-state index is 6.59. The van der Waals surface area contributed by atoms with Crippen molar-refractivity contribution < 1.29 is 13.3 Å². The van der Waals surface area contributed by atoms with Crippen molar-refractivity contribution in [2.75, 3.05) is 0 Å². The third-order valence-electron chi connectivity index (χ3n) is 7.13. The number of fused-ring (bicyclic) bond motifs is 3. The molecule has 176 valence electrons. The molecule has 5 heterocycles. The highest BCUT2D eigenvalue weighted by Crippen LogP contribution is 2.49. The Morgan fingerprint density at radius 3 is 2.08 bits per heavy atom. The van der Waals surface area contributed by atoms with Gasteiger partial charge in [0.2, 0.25) is 0 Å². The van der Waals surface area contributed by atoms with E-state index in [4.69, 9.17) is 13.3 Å². The lowest BCUT2D eigenvalue weighted by molar-refractivity contribution is 0.532. The van der Waals surface area contributed by atoms with E-state index in [-0.39, 0.29) is 0 Å². The van der Waals surface area contributed by atoms with Crippen molar-refractivity contribution in [2.45, 2.75) is 0 Å². The summed E-state index contributed by atoms with van der Waals surface area (Å²) in [5.74, 6) is 2.11. The molecule has 3 aromatic carbocycles. The standard InChI is InChI=1S/C32H20N2O3/c1-3-8-22-19(6-1)16-33-29(22)24-11-12-25-28(27(24)30-23-9-4-2-7-20(23)17-34-30)31(21-13-15-35-18-21)37-32(25)26-10-5-14-36-26/h1-18,33-34H. The van der Waals surface area contributed by atoms with Crippen LogP contribution in [0.4, 0.5) is 0 Å². The first-order valence-corrected chi connectivity index (χ1v) is 12.2. The van der Waals surface area contributed by atoms with Crippen LogP contribution in [-0.2, 0) is 0 Å². The molecule has 8 rings (SSSR count). The number of H-pyrrole nitrogens is 2. The first-order valence-electron chi connectivity index (χ1n) is 12.2. The van der Waals surface area contributed by atoms with Crippen LogP contribution < -0.4 is 0 Å². The highest BCUT2D eigenvalue weighted by molar-refractivity contribution is 6.17. The molecule has 5 heteroatoms. The normalized spacial score (nSPS) is 11.8. The molecule has 0 unspecified atom stereocenters. The van der Waals surface area contributed by atoms with Gasteiger partial charge in [0.1, 0.15) is 12.0 Å². The van der Waals surface area contributed by atoms with Crippen molar-refractivity contribution >= 4 is 32.3 Å². The van der Waals surface area contributed by atoms with Crippen LogP contribution in [0, 0.1) is 0 Å². The van der Waals surface area contributed by atoms with Crippen molar-refractivity contribution in [3.05, 3.63) is 110 Å². The van der Waals surface area contributed by atoms with Crippen LogP contribution in [0.1, 0.15) is 0 Å². The Kier molecular flexibility index (Phi) is 4.16. The second-order valence-corrected chi connectivity index (χ2v) is 9.16. The van der Waals surface area contributed by atoms with E-state index in [0.29, 0.717) is 11.5 Å². The zero-order chi connectivity index (χ0) is 24.3. The molecule has 0 aliphatic heterocycles. The van der Waals surface area contributed by atoms with Gasteiger partial charge in [0.25, 0.3) is 0 Å². The maximum Gasteiger partial charge on any atom is 0.177 e. The van der Waals surface area contributed by atoms with Gasteiger partial charge in [-0.05, 0) is 35.0 Å². The number of furan rings is 3. The van der Waals surface area contributed by atoms with Crippen LogP contribution >= 0.6 is 0 Å². The number of hydrogen-bond donors (Lipinski definition) is 2. The molecule has 37 heavy (non-hydrogen) atoms. The molecule has 5 nitrogen and oxygen atoms in total. The molecule has 2 N–H and O–H groups in total. The number of nitrogens with one attached hydrogen (secondary N) is 2. The summed E-state index contributed by atoms with van der Waals surface area (Å²) >= 11 is 0. The molecule has 0 bridgehead atoms. The summed E-state index contributed by atoms with van der Waals surface area (Å²) in [4.78, 5) is 7.14. The van der Waals surface area contributed by atoms with Gasteiger partial charge >= 0.3 is 0 Å². The number of benzene rings is 3. The number of aromatic nitrogens is 2. The fraction of sp³-hybridized carbons (Fsp3) is 0. The van der Waals surface area contributed by atoms with Gasteiger partial charge in [-0.15, -0.1) is 0 Å². The van der Waals surface area contributed by atoms with Crippen LogP contribution in [0.5, 0.6) is 0 Å². The molecule has 0 atom stereocenters. The Morgan fingerprint density at radius 2 is 1.35 bits per heavy atom. The van der Waals surface area contributed by atoms with E-state index in [1.807, 2.05) is 18.2 Å². The van der Waals surface area contributed by atoms with Gasteiger partial charge in [0.15, 0.2) is 11.5 Å². The Balaban J connectivity index is 1.56. The van der Waals surface area contributed by atoms with Gasteiger partial charge in [-0.2, -0.15) is 0 Å². The first kappa shape index (κ1) is 20.1.